The van der Waals surface area contributed by atoms with Gasteiger partial charge in [0.05, 0.1) is 13.2 Å². The zero-order chi connectivity index (χ0) is 14.1. The molecule has 0 N–H and O–H groups in total. The topological polar surface area (TPSA) is 35.5 Å². The van der Waals surface area contributed by atoms with Gasteiger partial charge < -0.3 is 9.05 Å². The number of hydrogen-bond acceptors (Lipinski definition) is 3. The Morgan fingerprint density at radius 2 is 1.74 bits per heavy atom. The summed E-state index contributed by atoms with van der Waals surface area (Å²) in [6, 6.07) is 9.97. The monoisotopic (exact) mass is 280 g/mol. The fraction of sp³-hybridized carbons (Fsp3) is 0.333. The SMILES string of the molecule is CCOP(=O)(/C=C/C(C)=C/c1ccccc1)OCC. The summed E-state index contributed by atoms with van der Waals surface area (Å²) < 4.78 is 22.6. The molecular weight excluding hydrogens is 259 g/mol. The Balaban J connectivity index is 2.79. The number of allylic oxidation sites excluding steroid dienone is 2. The van der Waals surface area contributed by atoms with Crippen LogP contribution in [-0.4, -0.2) is 13.2 Å². The summed E-state index contributed by atoms with van der Waals surface area (Å²) in [4.78, 5) is 0. The summed E-state index contributed by atoms with van der Waals surface area (Å²) in [5, 5.41) is 0. The molecule has 0 fully saturated rings. The third-order valence-electron chi connectivity index (χ3n) is 2.33. The molecule has 0 saturated heterocycles. The highest BCUT2D eigenvalue weighted by molar-refractivity contribution is 7.57. The van der Waals surface area contributed by atoms with E-state index >= 15 is 0 Å². The number of benzene rings is 1. The normalized spacial score (nSPS) is 13.1. The van der Waals surface area contributed by atoms with Crippen LogP contribution in [0.25, 0.3) is 6.08 Å². The van der Waals surface area contributed by atoms with Crippen molar-refractivity contribution in [1.82, 2.24) is 0 Å². The van der Waals surface area contributed by atoms with E-state index in [-0.39, 0.29) is 0 Å². The molecular formula is C15H21O3P. The third kappa shape index (κ3) is 6.02. The average molecular weight is 280 g/mol. The van der Waals surface area contributed by atoms with Crippen molar-refractivity contribution in [1.29, 1.82) is 0 Å². The maximum atomic E-state index is 12.2. The van der Waals surface area contributed by atoms with Gasteiger partial charge >= 0.3 is 7.60 Å². The van der Waals surface area contributed by atoms with Crippen molar-refractivity contribution in [2.45, 2.75) is 20.8 Å². The van der Waals surface area contributed by atoms with E-state index in [9.17, 15) is 4.57 Å². The van der Waals surface area contributed by atoms with Crippen LogP contribution in [0.1, 0.15) is 26.3 Å². The first kappa shape index (κ1) is 15.9. The van der Waals surface area contributed by atoms with Gasteiger partial charge in [0.15, 0.2) is 0 Å². The molecule has 0 aliphatic carbocycles. The molecule has 0 aromatic heterocycles. The molecule has 1 aromatic carbocycles. The summed E-state index contributed by atoms with van der Waals surface area (Å²) in [7, 11) is -3.10. The lowest BCUT2D eigenvalue weighted by molar-refractivity contribution is 0.229. The molecule has 104 valence electrons. The number of hydrogen-bond donors (Lipinski definition) is 0. The molecule has 0 bridgehead atoms. The zero-order valence-corrected chi connectivity index (χ0v) is 12.6. The zero-order valence-electron chi connectivity index (χ0n) is 11.7. The van der Waals surface area contributed by atoms with Crippen LogP contribution in [0.3, 0.4) is 0 Å². The first-order valence-corrected chi connectivity index (χ1v) is 8.02. The lowest BCUT2D eigenvalue weighted by atomic mass is 10.1. The third-order valence-corrected chi connectivity index (χ3v) is 4.08. The quantitative estimate of drug-likeness (QED) is 0.528. The highest BCUT2D eigenvalue weighted by atomic mass is 31.2. The molecule has 0 atom stereocenters. The Bertz CT molecular complexity index is 467. The summed E-state index contributed by atoms with van der Waals surface area (Å²) in [6.45, 7) is 6.27. The second kappa shape index (κ2) is 8.11. The Labute approximate surface area is 115 Å². The van der Waals surface area contributed by atoms with Crippen LogP contribution in [0.15, 0.2) is 47.8 Å². The second-order valence-corrected chi connectivity index (χ2v) is 5.88. The lowest BCUT2D eigenvalue weighted by Gasteiger charge is -2.12. The van der Waals surface area contributed by atoms with Crippen LogP contribution in [0, 0.1) is 0 Å². The Morgan fingerprint density at radius 3 is 2.26 bits per heavy atom. The lowest BCUT2D eigenvalue weighted by Crippen LogP contribution is -1.92. The Hall–Kier alpha value is -1.15. The molecule has 0 aliphatic heterocycles. The van der Waals surface area contributed by atoms with E-state index in [4.69, 9.17) is 9.05 Å². The molecule has 19 heavy (non-hydrogen) atoms. The molecule has 4 heteroatoms. The second-order valence-electron chi connectivity index (χ2n) is 3.99. The van der Waals surface area contributed by atoms with Gasteiger partial charge in [-0.3, -0.25) is 4.57 Å². The van der Waals surface area contributed by atoms with Gasteiger partial charge in [0.25, 0.3) is 0 Å². The van der Waals surface area contributed by atoms with Crippen molar-refractivity contribution in [2.24, 2.45) is 0 Å². The van der Waals surface area contributed by atoms with Crippen molar-refractivity contribution >= 4 is 13.7 Å². The summed E-state index contributed by atoms with van der Waals surface area (Å²) >= 11 is 0. The van der Waals surface area contributed by atoms with Gasteiger partial charge in [0, 0.05) is 5.82 Å². The summed E-state index contributed by atoms with van der Waals surface area (Å²) in [6.07, 6.45) is 3.79. The van der Waals surface area contributed by atoms with E-state index in [2.05, 4.69) is 0 Å². The predicted molar refractivity (Wildman–Crippen MR) is 80.1 cm³/mol. The van der Waals surface area contributed by atoms with Gasteiger partial charge in [-0.05, 0) is 26.3 Å². The van der Waals surface area contributed by atoms with E-state index in [0.717, 1.165) is 11.1 Å². The van der Waals surface area contributed by atoms with E-state index in [1.54, 1.807) is 19.9 Å². The molecule has 0 radical (unpaired) electrons. The molecule has 0 saturated carbocycles. The van der Waals surface area contributed by atoms with Gasteiger partial charge in [-0.15, -0.1) is 0 Å². The van der Waals surface area contributed by atoms with Crippen LogP contribution in [0.2, 0.25) is 0 Å². The van der Waals surface area contributed by atoms with Gasteiger partial charge in [0.1, 0.15) is 0 Å². The van der Waals surface area contributed by atoms with E-state index in [1.807, 2.05) is 43.3 Å². The van der Waals surface area contributed by atoms with E-state index in [1.165, 1.54) is 5.82 Å². The highest BCUT2D eigenvalue weighted by Crippen LogP contribution is 2.49. The van der Waals surface area contributed by atoms with Crippen molar-refractivity contribution in [2.75, 3.05) is 13.2 Å². The first-order valence-electron chi connectivity index (χ1n) is 6.41. The van der Waals surface area contributed by atoms with Crippen LogP contribution >= 0.6 is 7.60 Å². The molecule has 1 aromatic rings. The van der Waals surface area contributed by atoms with Gasteiger partial charge in [-0.2, -0.15) is 0 Å². The Morgan fingerprint density at radius 1 is 1.16 bits per heavy atom. The van der Waals surface area contributed by atoms with Crippen LogP contribution < -0.4 is 0 Å². The first-order chi connectivity index (χ1) is 9.09. The van der Waals surface area contributed by atoms with Crippen LogP contribution in [0.5, 0.6) is 0 Å². The van der Waals surface area contributed by atoms with E-state index < -0.39 is 7.60 Å². The van der Waals surface area contributed by atoms with Gasteiger partial charge in [-0.1, -0.05) is 48.1 Å². The molecule has 0 aliphatic rings. The maximum Gasteiger partial charge on any atom is 0.354 e. The van der Waals surface area contributed by atoms with Crippen LogP contribution in [-0.2, 0) is 13.6 Å². The summed E-state index contributed by atoms with van der Waals surface area (Å²) in [5.74, 6) is 1.52. The van der Waals surface area contributed by atoms with Crippen molar-refractivity contribution in [3.8, 4) is 0 Å². The van der Waals surface area contributed by atoms with Crippen LogP contribution in [0.4, 0.5) is 0 Å². The van der Waals surface area contributed by atoms with Crippen molar-refractivity contribution < 1.29 is 13.6 Å². The molecule has 1 rings (SSSR count). The predicted octanol–water partition coefficient (Wildman–Crippen LogP) is 4.87. The molecule has 3 nitrogen and oxygen atoms in total. The highest BCUT2D eigenvalue weighted by Gasteiger charge is 2.18. The number of rotatable bonds is 7. The maximum absolute atomic E-state index is 12.2. The molecule has 0 unspecified atom stereocenters. The van der Waals surface area contributed by atoms with Gasteiger partial charge in [0.2, 0.25) is 0 Å². The van der Waals surface area contributed by atoms with Crippen molar-refractivity contribution in [3.05, 3.63) is 53.4 Å². The Kier molecular flexibility index (Phi) is 6.79. The minimum absolute atomic E-state index is 0.364. The minimum atomic E-state index is -3.10. The molecule has 0 heterocycles. The average Bonchev–Trinajstić information content (AvgIpc) is 2.38. The largest absolute Gasteiger partial charge is 0.354 e. The smallest absolute Gasteiger partial charge is 0.306 e. The summed E-state index contributed by atoms with van der Waals surface area (Å²) in [5.41, 5.74) is 2.10. The fourth-order valence-corrected chi connectivity index (χ4v) is 2.94. The van der Waals surface area contributed by atoms with E-state index in [0.29, 0.717) is 13.2 Å². The molecule has 0 spiro atoms. The van der Waals surface area contributed by atoms with Gasteiger partial charge in [-0.25, -0.2) is 0 Å². The fourth-order valence-electron chi connectivity index (χ4n) is 1.55. The van der Waals surface area contributed by atoms with Crippen molar-refractivity contribution in [3.63, 3.8) is 0 Å². The standard InChI is InChI=1S/C15H21O3P/c1-4-17-19(16,18-5-2)12-11-14(3)13-15-9-7-6-8-10-15/h6-13H,4-5H2,1-3H3/b12-11+,14-13+. The minimum Gasteiger partial charge on any atom is -0.306 e. The molecule has 0 amide bonds.